The van der Waals surface area contributed by atoms with E-state index in [9.17, 15) is 8.42 Å². The lowest BCUT2D eigenvalue weighted by molar-refractivity contribution is 0.274. The van der Waals surface area contributed by atoms with Crippen LogP contribution in [0.5, 0.6) is 0 Å². The lowest BCUT2D eigenvalue weighted by atomic mass is 9.90. The van der Waals surface area contributed by atoms with Crippen molar-refractivity contribution >= 4 is 10.2 Å². The van der Waals surface area contributed by atoms with Gasteiger partial charge in [0.2, 0.25) is 0 Å². The van der Waals surface area contributed by atoms with Gasteiger partial charge in [0.25, 0.3) is 10.2 Å². The lowest BCUT2D eigenvalue weighted by Crippen LogP contribution is -2.41. The van der Waals surface area contributed by atoms with Crippen LogP contribution in [0.3, 0.4) is 0 Å². The fraction of sp³-hybridized carbons (Fsp3) is 1.00. The number of aliphatic hydroxyl groups is 1. The van der Waals surface area contributed by atoms with E-state index in [4.69, 9.17) is 5.11 Å². The summed E-state index contributed by atoms with van der Waals surface area (Å²) in [7, 11) is -1.82. The first kappa shape index (κ1) is 14.9. The number of hydrogen-bond acceptors (Lipinski definition) is 3. The van der Waals surface area contributed by atoms with Crippen molar-refractivity contribution in [2.45, 2.75) is 38.5 Å². The Morgan fingerprint density at radius 3 is 2.53 bits per heavy atom. The Hall–Kier alpha value is -0.170. The van der Waals surface area contributed by atoms with E-state index >= 15 is 0 Å². The van der Waals surface area contributed by atoms with Crippen molar-refractivity contribution in [2.24, 2.45) is 5.92 Å². The maximum absolute atomic E-state index is 11.8. The minimum absolute atomic E-state index is 0.0164. The molecule has 6 heteroatoms. The smallest absolute Gasteiger partial charge is 0.279 e. The largest absolute Gasteiger partial charge is 0.396 e. The molecule has 0 aromatic carbocycles. The Labute approximate surface area is 104 Å². The number of nitrogens with zero attached hydrogens (tertiary/aromatic N) is 1. The van der Waals surface area contributed by atoms with Crippen molar-refractivity contribution in [1.29, 1.82) is 0 Å². The van der Waals surface area contributed by atoms with Crippen LogP contribution in [-0.4, -0.2) is 44.6 Å². The van der Waals surface area contributed by atoms with Gasteiger partial charge in [0.1, 0.15) is 0 Å². The topological polar surface area (TPSA) is 69.6 Å². The fourth-order valence-corrected chi connectivity index (χ4v) is 3.17. The molecule has 0 radical (unpaired) electrons. The predicted octanol–water partition coefficient (Wildman–Crippen LogP) is 0.715. The van der Waals surface area contributed by atoms with Gasteiger partial charge in [-0.3, -0.25) is 0 Å². The summed E-state index contributed by atoms with van der Waals surface area (Å²) in [6.45, 7) is 0.921. The summed E-state index contributed by atoms with van der Waals surface area (Å²) >= 11 is 0. The van der Waals surface area contributed by atoms with Gasteiger partial charge < -0.3 is 5.11 Å². The van der Waals surface area contributed by atoms with Crippen LogP contribution < -0.4 is 4.72 Å². The molecule has 0 bridgehead atoms. The van der Waals surface area contributed by atoms with Crippen LogP contribution in [0.1, 0.15) is 38.5 Å². The monoisotopic (exact) mass is 264 g/mol. The first-order valence-corrected chi connectivity index (χ1v) is 7.82. The third kappa shape index (κ3) is 5.33. The van der Waals surface area contributed by atoms with Crippen molar-refractivity contribution in [2.75, 3.05) is 26.7 Å². The molecule has 1 aliphatic carbocycles. The van der Waals surface area contributed by atoms with E-state index in [1.807, 2.05) is 0 Å². The maximum Gasteiger partial charge on any atom is 0.279 e. The van der Waals surface area contributed by atoms with Crippen LogP contribution in [0.15, 0.2) is 0 Å². The van der Waals surface area contributed by atoms with E-state index in [2.05, 4.69) is 4.72 Å². The Bertz CT molecular complexity index is 300. The minimum atomic E-state index is -3.36. The number of hydrogen-bond donors (Lipinski definition) is 2. The second-order valence-electron chi connectivity index (χ2n) is 4.76. The van der Waals surface area contributed by atoms with Crippen molar-refractivity contribution in [3.05, 3.63) is 0 Å². The summed E-state index contributed by atoms with van der Waals surface area (Å²) in [6, 6.07) is 0. The summed E-state index contributed by atoms with van der Waals surface area (Å²) in [5, 5.41) is 8.67. The first-order chi connectivity index (χ1) is 8.06. The Morgan fingerprint density at radius 1 is 1.29 bits per heavy atom. The molecule has 0 saturated heterocycles. The molecule has 1 saturated carbocycles. The average molecular weight is 264 g/mol. The van der Waals surface area contributed by atoms with Crippen molar-refractivity contribution in [3.8, 4) is 0 Å². The van der Waals surface area contributed by atoms with Gasteiger partial charge in [-0.1, -0.05) is 19.3 Å². The molecule has 102 valence electrons. The maximum atomic E-state index is 11.8. The van der Waals surface area contributed by atoms with Crippen molar-refractivity contribution < 1.29 is 13.5 Å². The summed E-state index contributed by atoms with van der Waals surface area (Å²) in [5.41, 5.74) is 0. The number of rotatable bonds is 7. The van der Waals surface area contributed by atoms with Crippen LogP contribution >= 0.6 is 0 Å². The lowest BCUT2D eigenvalue weighted by Gasteiger charge is -2.23. The molecule has 2 N–H and O–H groups in total. The molecule has 0 amide bonds. The summed E-state index contributed by atoms with van der Waals surface area (Å²) in [4.78, 5) is 0. The highest BCUT2D eigenvalue weighted by molar-refractivity contribution is 7.87. The van der Waals surface area contributed by atoms with Gasteiger partial charge in [0.05, 0.1) is 0 Å². The second kappa shape index (κ2) is 7.31. The van der Waals surface area contributed by atoms with Crippen LogP contribution in [0.2, 0.25) is 0 Å². The van der Waals surface area contributed by atoms with E-state index in [0.717, 1.165) is 12.8 Å². The zero-order valence-electron chi connectivity index (χ0n) is 10.6. The Kier molecular flexibility index (Phi) is 6.40. The molecule has 1 fully saturated rings. The van der Waals surface area contributed by atoms with Gasteiger partial charge in [-0.15, -0.1) is 0 Å². The summed E-state index contributed by atoms with van der Waals surface area (Å²) in [5.74, 6) is 0.491. The Morgan fingerprint density at radius 2 is 1.94 bits per heavy atom. The van der Waals surface area contributed by atoms with E-state index < -0.39 is 10.2 Å². The predicted molar refractivity (Wildman–Crippen MR) is 67.8 cm³/mol. The molecule has 17 heavy (non-hydrogen) atoms. The molecule has 0 aromatic heterocycles. The van der Waals surface area contributed by atoms with Crippen LogP contribution in [0.4, 0.5) is 0 Å². The normalized spacial score (nSPS) is 18.8. The quantitative estimate of drug-likeness (QED) is 0.711. The second-order valence-corrected chi connectivity index (χ2v) is 6.62. The standard InChI is InChI=1S/C11H24N2O3S/c1-13(8-5-9-14)17(15,16)12-10-11-6-3-2-4-7-11/h11-12,14H,2-10H2,1H3. The third-order valence-electron chi connectivity index (χ3n) is 3.32. The molecular formula is C11H24N2O3S. The van der Waals surface area contributed by atoms with Gasteiger partial charge in [-0.05, 0) is 25.2 Å². The highest BCUT2D eigenvalue weighted by Crippen LogP contribution is 2.22. The molecule has 0 spiro atoms. The van der Waals surface area contributed by atoms with Gasteiger partial charge in [0, 0.05) is 26.7 Å². The van der Waals surface area contributed by atoms with E-state index in [1.54, 1.807) is 7.05 Å². The molecule has 5 nitrogen and oxygen atoms in total. The molecule has 0 unspecified atom stereocenters. The molecule has 0 aromatic rings. The van der Waals surface area contributed by atoms with Crippen LogP contribution in [-0.2, 0) is 10.2 Å². The Balaban J connectivity index is 2.32. The van der Waals surface area contributed by atoms with Crippen molar-refractivity contribution in [1.82, 2.24) is 9.03 Å². The molecule has 1 aliphatic rings. The summed E-state index contributed by atoms with van der Waals surface area (Å²) < 4.78 is 27.5. The van der Waals surface area contributed by atoms with Crippen LogP contribution in [0.25, 0.3) is 0 Å². The average Bonchev–Trinajstić information content (AvgIpc) is 2.35. The molecule has 0 aliphatic heterocycles. The summed E-state index contributed by atoms with van der Waals surface area (Å²) in [6.07, 6.45) is 6.44. The molecule has 1 rings (SSSR count). The van der Waals surface area contributed by atoms with Crippen molar-refractivity contribution in [3.63, 3.8) is 0 Å². The zero-order valence-corrected chi connectivity index (χ0v) is 11.4. The molecule has 0 atom stereocenters. The first-order valence-electron chi connectivity index (χ1n) is 6.38. The molecular weight excluding hydrogens is 240 g/mol. The molecule has 0 heterocycles. The van der Waals surface area contributed by atoms with Gasteiger partial charge in [0.15, 0.2) is 0 Å². The van der Waals surface area contributed by atoms with Gasteiger partial charge in [-0.25, -0.2) is 4.72 Å². The zero-order chi connectivity index (χ0) is 12.7. The minimum Gasteiger partial charge on any atom is -0.396 e. The van der Waals surface area contributed by atoms with Gasteiger partial charge in [-0.2, -0.15) is 12.7 Å². The number of aliphatic hydroxyl groups excluding tert-OH is 1. The van der Waals surface area contributed by atoms with E-state index in [-0.39, 0.29) is 6.61 Å². The number of nitrogens with one attached hydrogen (secondary N) is 1. The van der Waals surface area contributed by atoms with E-state index in [0.29, 0.717) is 25.4 Å². The van der Waals surface area contributed by atoms with Crippen LogP contribution in [0, 0.1) is 5.92 Å². The third-order valence-corrected chi connectivity index (χ3v) is 4.86. The fourth-order valence-electron chi connectivity index (χ4n) is 2.14. The highest BCUT2D eigenvalue weighted by Gasteiger charge is 2.20. The highest BCUT2D eigenvalue weighted by atomic mass is 32.2. The van der Waals surface area contributed by atoms with E-state index in [1.165, 1.54) is 23.6 Å². The SMILES string of the molecule is CN(CCCO)S(=O)(=O)NCC1CCCCC1. The van der Waals surface area contributed by atoms with Gasteiger partial charge >= 0.3 is 0 Å².